The predicted octanol–water partition coefficient (Wildman–Crippen LogP) is 4.06. The van der Waals surface area contributed by atoms with Crippen LogP contribution in [0.4, 0.5) is 0 Å². The van der Waals surface area contributed by atoms with Crippen molar-refractivity contribution < 1.29 is 4.84 Å². The Morgan fingerprint density at radius 1 is 1.31 bits per heavy atom. The van der Waals surface area contributed by atoms with E-state index in [1.54, 1.807) is 17.6 Å². The molecule has 0 radical (unpaired) electrons. The third kappa shape index (κ3) is 3.47. The van der Waals surface area contributed by atoms with Gasteiger partial charge in [0, 0.05) is 9.35 Å². The highest BCUT2D eigenvalue weighted by atomic mass is 79.9. The standard InChI is InChI=1S/C12H10BrNOS/c13-11-4-1-3-10(7-11)9-15-14-8-12-5-2-6-16-12/h1-8H,9H2/b14-8+. The van der Waals surface area contributed by atoms with Gasteiger partial charge in [-0.2, -0.15) is 0 Å². The molecule has 16 heavy (non-hydrogen) atoms. The highest BCUT2D eigenvalue weighted by molar-refractivity contribution is 9.10. The average molecular weight is 296 g/mol. The molecule has 0 spiro atoms. The first-order valence-corrected chi connectivity index (χ1v) is 6.45. The van der Waals surface area contributed by atoms with E-state index in [2.05, 4.69) is 21.1 Å². The molecule has 0 atom stereocenters. The van der Waals surface area contributed by atoms with Crippen LogP contribution in [0.2, 0.25) is 0 Å². The van der Waals surface area contributed by atoms with E-state index in [9.17, 15) is 0 Å². The van der Waals surface area contributed by atoms with Crippen molar-refractivity contribution in [1.82, 2.24) is 0 Å². The van der Waals surface area contributed by atoms with Gasteiger partial charge in [-0.15, -0.1) is 11.3 Å². The summed E-state index contributed by atoms with van der Waals surface area (Å²) in [6.07, 6.45) is 1.72. The highest BCUT2D eigenvalue weighted by Gasteiger charge is 1.93. The molecule has 0 aliphatic heterocycles. The van der Waals surface area contributed by atoms with E-state index in [0.29, 0.717) is 6.61 Å². The summed E-state index contributed by atoms with van der Waals surface area (Å²) in [6.45, 7) is 0.487. The third-order valence-electron chi connectivity index (χ3n) is 1.92. The van der Waals surface area contributed by atoms with Crippen LogP contribution < -0.4 is 0 Å². The molecule has 0 unspecified atom stereocenters. The summed E-state index contributed by atoms with van der Waals surface area (Å²) in [5.74, 6) is 0. The second-order valence-corrected chi connectivity index (χ2v) is 5.05. The Kier molecular flexibility index (Phi) is 4.13. The molecule has 2 nitrogen and oxygen atoms in total. The zero-order valence-corrected chi connectivity index (χ0v) is 10.9. The summed E-state index contributed by atoms with van der Waals surface area (Å²) >= 11 is 5.05. The molecular weight excluding hydrogens is 286 g/mol. The summed E-state index contributed by atoms with van der Waals surface area (Å²) in [5.41, 5.74) is 1.10. The number of benzene rings is 1. The number of hydrogen-bond donors (Lipinski definition) is 0. The molecule has 2 aromatic rings. The maximum absolute atomic E-state index is 5.20. The molecule has 0 aliphatic carbocycles. The van der Waals surface area contributed by atoms with Crippen LogP contribution in [0.15, 0.2) is 51.4 Å². The van der Waals surface area contributed by atoms with Gasteiger partial charge in [0.25, 0.3) is 0 Å². The molecule has 0 N–H and O–H groups in total. The summed E-state index contributed by atoms with van der Waals surface area (Å²) in [5, 5.41) is 5.92. The Morgan fingerprint density at radius 2 is 2.25 bits per heavy atom. The lowest BCUT2D eigenvalue weighted by atomic mass is 10.2. The fraction of sp³-hybridized carbons (Fsp3) is 0.0833. The summed E-state index contributed by atoms with van der Waals surface area (Å²) < 4.78 is 1.05. The van der Waals surface area contributed by atoms with E-state index in [0.717, 1.165) is 14.9 Å². The van der Waals surface area contributed by atoms with Crippen molar-refractivity contribution in [2.24, 2.45) is 5.16 Å². The first-order valence-electron chi connectivity index (χ1n) is 4.78. The lowest BCUT2D eigenvalue weighted by Gasteiger charge is -1.99. The SMILES string of the molecule is Brc1cccc(CO/N=C/c2cccs2)c1. The Balaban J connectivity index is 1.84. The van der Waals surface area contributed by atoms with E-state index in [1.165, 1.54) is 0 Å². The largest absolute Gasteiger partial charge is 0.391 e. The lowest BCUT2D eigenvalue weighted by Crippen LogP contribution is -1.87. The number of halogens is 1. The van der Waals surface area contributed by atoms with Crippen LogP contribution in [0.25, 0.3) is 0 Å². The molecule has 0 aliphatic rings. The van der Waals surface area contributed by atoms with Gasteiger partial charge in [0.15, 0.2) is 0 Å². The number of thiophene rings is 1. The third-order valence-corrected chi connectivity index (χ3v) is 3.22. The van der Waals surface area contributed by atoms with Crippen molar-refractivity contribution in [2.75, 3.05) is 0 Å². The van der Waals surface area contributed by atoms with E-state index < -0.39 is 0 Å². The molecule has 2 rings (SSSR count). The second-order valence-electron chi connectivity index (χ2n) is 3.15. The molecule has 0 amide bonds. The van der Waals surface area contributed by atoms with Gasteiger partial charge < -0.3 is 4.84 Å². The Labute approximate surface area is 107 Å². The fourth-order valence-corrected chi connectivity index (χ4v) is 2.21. The molecule has 0 bridgehead atoms. The average Bonchev–Trinajstić information content (AvgIpc) is 2.77. The van der Waals surface area contributed by atoms with E-state index in [1.807, 2.05) is 41.8 Å². The summed E-state index contributed by atoms with van der Waals surface area (Å²) in [7, 11) is 0. The highest BCUT2D eigenvalue weighted by Crippen LogP contribution is 2.12. The minimum absolute atomic E-state index is 0.487. The first kappa shape index (κ1) is 11.4. The molecule has 4 heteroatoms. The lowest BCUT2D eigenvalue weighted by molar-refractivity contribution is 0.132. The summed E-state index contributed by atoms with van der Waals surface area (Å²) in [4.78, 5) is 6.30. The van der Waals surface area contributed by atoms with Crippen molar-refractivity contribution >= 4 is 33.5 Å². The predicted molar refractivity (Wildman–Crippen MR) is 70.8 cm³/mol. The molecule has 82 valence electrons. The van der Waals surface area contributed by atoms with Crippen LogP contribution in [-0.4, -0.2) is 6.21 Å². The maximum Gasteiger partial charge on any atom is 0.142 e. The smallest absolute Gasteiger partial charge is 0.142 e. The number of oxime groups is 1. The first-order chi connectivity index (χ1) is 7.84. The van der Waals surface area contributed by atoms with E-state index in [-0.39, 0.29) is 0 Å². The minimum Gasteiger partial charge on any atom is -0.391 e. The van der Waals surface area contributed by atoms with Gasteiger partial charge >= 0.3 is 0 Å². The zero-order chi connectivity index (χ0) is 11.2. The Hall–Kier alpha value is -1.13. The van der Waals surface area contributed by atoms with Gasteiger partial charge in [-0.3, -0.25) is 0 Å². The Bertz CT molecular complexity index is 468. The normalized spacial score (nSPS) is 10.8. The van der Waals surface area contributed by atoms with Crippen molar-refractivity contribution in [3.8, 4) is 0 Å². The topological polar surface area (TPSA) is 21.6 Å². The minimum atomic E-state index is 0.487. The number of nitrogens with zero attached hydrogens (tertiary/aromatic N) is 1. The Morgan fingerprint density at radius 3 is 3.00 bits per heavy atom. The molecule has 0 saturated carbocycles. The molecule has 1 heterocycles. The molecule has 0 saturated heterocycles. The number of hydrogen-bond acceptors (Lipinski definition) is 3. The van der Waals surface area contributed by atoms with Crippen LogP contribution in [0.1, 0.15) is 10.4 Å². The molecule has 1 aromatic heterocycles. The number of rotatable bonds is 4. The van der Waals surface area contributed by atoms with Gasteiger partial charge in [0.1, 0.15) is 6.61 Å². The second kappa shape index (κ2) is 5.82. The van der Waals surface area contributed by atoms with Gasteiger partial charge in [-0.1, -0.05) is 39.3 Å². The van der Waals surface area contributed by atoms with E-state index in [4.69, 9.17) is 4.84 Å². The van der Waals surface area contributed by atoms with Crippen molar-refractivity contribution in [1.29, 1.82) is 0 Å². The van der Waals surface area contributed by atoms with Gasteiger partial charge in [-0.25, -0.2) is 0 Å². The van der Waals surface area contributed by atoms with Crippen LogP contribution in [0.3, 0.4) is 0 Å². The monoisotopic (exact) mass is 295 g/mol. The fourth-order valence-electron chi connectivity index (χ4n) is 1.19. The molecule has 0 fully saturated rings. The van der Waals surface area contributed by atoms with E-state index >= 15 is 0 Å². The summed E-state index contributed by atoms with van der Waals surface area (Å²) in [6, 6.07) is 12.0. The van der Waals surface area contributed by atoms with Crippen molar-refractivity contribution in [3.63, 3.8) is 0 Å². The maximum atomic E-state index is 5.20. The van der Waals surface area contributed by atoms with Crippen LogP contribution >= 0.6 is 27.3 Å². The van der Waals surface area contributed by atoms with Crippen LogP contribution in [-0.2, 0) is 11.4 Å². The molecular formula is C12H10BrNOS. The molecule has 1 aromatic carbocycles. The quantitative estimate of drug-likeness (QED) is 0.616. The van der Waals surface area contributed by atoms with Crippen LogP contribution in [0.5, 0.6) is 0 Å². The van der Waals surface area contributed by atoms with Crippen molar-refractivity contribution in [2.45, 2.75) is 6.61 Å². The zero-order valence-electron chi connectivity index (χ0n) is 8.47. The van der Waals surface area contributed by atoms with Crippen LogP contribution in [0, 0.1) is 0 Å². The van der Waals surface area contributed by atoms with Gasteiger partial charge in [-0.05, 0) is 29.1 Å². The van der Waals surface area contributed by atoms with Crippen molar-refractivity contribution in [3.05, 3.63) is 56.7 Å². The van der Waals surface area contributed by atoms with Gasteiger partial charge in [0.05, 0.1) is 6.21 Å². The van der Waals surface area contributed by atoms with Gasteiger partial charge in [0.2, 0.25) is 0 Å².